The number of carbonyl (C=O) groups excluding carboxylic acids is 1. The van der Waals surface area contributed by atoms with Gasteiger partial charge in [0, 0.05) is 25.6 Å². The first-order valence-electron chi connectivity index (χ1n) is 9.33. The molecule has 2 aromatic rings. The van der Waals surface area contributed by atoms with E-state index in [0.717, 1.165) is 5.56 Å². The van der Waals surface area contributed by atoms with Gasteiger partial charge in [0.1, 0.15) is 17.7 Å². The van der Waals surface area contributed by atoms with Gasteiger partial charge in [0.05, 0.1) is 6.26 Å². The highest BCUT2D eigenvalue weighted by molar-refractivity contribution is 7.88. The molecule has 160 valence electrons. The minimum Gasteiger partial charge on any atom is -0.354 e. The molecule has 29 heavy (non-hydrogen) atoms. The van der Waals surface area contributed by atoms with Crippen LogP contribution in [0.3, 0.4) is 0 Å². The van der Waals surface area contributed by atoms with E-state index in [1.54, 1.807) is 32.9 Å². The van der Waals surface area contributed by atoms with Crippen LogP contribution >= 0.6 is 0 Å². The van der Waals surface area contributed by atoms with E-state index in [4.69, 9.17) is 0 Å². The number of aromatic nitrogens is 4. The van der Waals surface area contributed by atoms with Crippen LogP contribution in [0.25, 0.3) is 0 Å². The second kappa shape index (κ2) is 9.88. The number of benzene rings is 1. The van der Waals surface area contributed by atoms with Gasteiger partial charge in [-0.1, -0.05) is 12.1 Å². The summed E-state index contributed by atoms with van der Waals surface area (Å²) in [5.74, 6) is -0.163. The second-order valence-corrected chi connectivity index (χ2v) is 9.06. The fourth-order valence-electron chi connectivity index (χ4n) is 3.03. The molecule has 0 saturated heterocycles. The van der Waals surface area contributed by atoms with Gasteiger partial charge in [0.15, 0.2) is 0 Å². The Bertz CT molecular complexity index is 914. The monoisotopic (exact) mass is 426 g/mol. The summed E-state index contributed by atoms with van der Waals surface area (Å²) in [7, 11) is -3.31. The lowest BCUT2D eigenvalue weighted by Crippen LogP contribution is -2.39. The van der Waals surface area contributed by atoms with Crippen molar-refractivity contribution in [2.24, 2.45) is 0 Å². The summed E-state index contributed by atoms with van der Waals surface area (Å²) in [6, 6.07) is 5.04. The highest BCUT2D eigenvalue weighted by Gasteiger charge is 2.24. The van der Waals surface area contributed by atoms with E-state index in [1.807, 2.05) is 0 Å². The van der Waals surface area contributed by atoms with Crippen LogP contribution in [0.4, 0.5) is 4.39 Å². The average molecular weight is 427 g/mol. The van der Waals surface area contributed by atoms with E-state index >= 15 is 0 Å². The van der Waals surface area contributed by atoms with Crippen LogP contribution in [0.15, 0.2) is 24.3 Å². The Labute approximate surface area is 170 Å². The van der Waals surface area contributed by atoms with Crippen molar-refractivity contribution in [3.63, 3.8) is 0 Å². The van der Waals surface area contributed by atoms with E-state index in [0.29, 0.717) is 31.8 Å². The Hall–Kier alpha value is -2.40. The maximum Gasteiger partial charge on any atom is 0.245 e. The van der Waals surface area contributed by atoms with E-state index < -0.39 is 16.1 Å². The summed E-state index contributed by atoms with van der Waals surface area (Å²) in [4.78, 5) is 12.8. The minimum atomic E-state index is -3.31. The zero-order chi connectivity index (χ0) is 21.6. The van der Waals surface area contributed by atoms with Gasteiger partial charge >= 0.3 is 0 Å². The lowest BCUT2D eigenvalue weighted by Gasteiger charge is -2.24. The molecule has 9 nitrogen and oxygen atoms in total. The van der Waals surface area contributed by atoms with Gasteiger partial charge in [-0.15, -0.1) is 5.10 Å². The molecule has 2 rings (SSSR count). The number of sulfonamides is 1. The Morgan fingerprint density at radius 1 is 1.28 bits per heavy atom. The third-order valence-corrected chi connectivity index (χ3v) is 5.91. The van der Waals surface area contributed by atoms with Crippen LogP contribution in [-0.4, -0.2) is 64.2 Å². The quantitative estimate of drug-likeness (QED) is 0.569. The van der Waals surface area contributed by atoms with E-state index in [1.165, 1.54) is 27.4 Å². The van der Waals surface area contributed by atoms with Gasteiger partial charge in [-0.25, -0.2) is 17.5 Å². The van der Waals surface area contributed by atoms with Crippen LogP contribution in [0.1, 0.15) is 37.7 Å². The second-order valence-electron chi connectivity index (χ2n) is 7.13. The van der Waals surface area contributed by atoms with Crippen molar-refractivity contribution in [3.8, 4) is 0 Å². The number of amides is 1. The van der Waals surface area contributed by atoms with E-state index in [2.05, 4.69) is 20.8 Å². The molecule has 0 aliphatic heterocycles. The van der Waals surface area contributed by atoms with Gasteiger partial charge in [-0.3, -0.25) is 4.79 Å². The summed E-state index contributed by atoms with van der Waals surface area (Å²) in [5.41, 5.74) is 0.768. The Morgan fingerprint density at radius 2 is 1.93 bits per heavy atom. The van der Waals surface area contributed by atoms with Crippen molar-refractivity contribution < 1.29 is 17.6 Å². The molecule has 1 aromatic carbocycles. The largest absolute Gasteiger partial charge is 0.354 e. The van der Waals surface area contributed by atoms with Crippen molar-refractivity contribution in [2.75, 3.05) is 19.3 Å². The third-order valence-electron chi connectivity index (χ3n) is 4.45. The van der Waals surface area contributed by atoms with Gasteiger partial charge < -0.3 is 5.32 Å². The molecule has 1 atom stereocenters. The molecule has 0 saturated carbocycles. The molecule has 0 radical (unpaired) electrons. The highest BCUT2D eigenvalue weighted by Crippen LogP contribution is 2.16. The normalized spacial score (nSPS) is 13.1. The number of tetrazole rings is 1. The van der Waals surface area contributed by atoms with Gasteiger partial charge in [0.2, 0.25) is 15.9 Å². The smallest absolute Gasteiger partial charge is 0.245 e. The SMILES string of the molecule is Cc1nnnn1C(Cc1ccc(F)cc1)C(=O)NCCCN(C(C)C)S(C)(=O)=O. The molecule has 1 amide bonds. The lowest BCUT2D eigenvalue weighted by atomic mass is 10.1. The van der Waals surface area contributed by atoms with Gasteiger partial charge in [-0.2, -0.15) is 4.31 Å². The number of rotatable bonds is 10. The zero-order valence-corrected chi connectivity index (χ0v) is 17.9. The fourth-order valence-corrected chi connectivity index (χ4v) is 4.26. The predicted molar refractivity (Wildman–Crippen MR) is 106 cm³/mol. The van der Waals surface area contributed by atoms with Crippen molar-refractivity contribution in [3.05, 3.63) is 41.5 Å². The van der Waals surface area contributed by atoms with Crippen molar-refractivity contribution in [2.45, 2.75) is 45.7 Å². The topological polar surface area (TPSA) is 110 Å². The Balaban J connectivity index is 2.02. The minimum absolute atomic E-state index is 0.157. The van der Waals surface area contributed by atoms with Crippen LogP contribution in [0.2, 0.25) is 0 Å². The molecular formula is C18H27FN6O3S. The van der Waals surface area contributed by atoms with Crippen LogP contribution in [0.5, 0.6) is 0 Å². The fraction of sp³-hybridized carbons (Fsp3) is 0.556. The van der Waals surface area contributed by atoms with Crippen LogP contribution in [0, 0.1) is 12.7 Å². The number of halogens is 1. The molecule has 1 N–H and O–H groups in total. The Kier molecular flexibility index (Phi) is 7.80. The molecule has 0 spiro atoms. The molecule has 11 heteroatoms. The molecule has 0 aliphatic rings. The first-order valence-corrected chi connectivity index (χ1v) is 11.2. The van der Waals surface area contributed by atoms with Gasteiger partial charge in [-0.05, 0) is 55.3 Å². The molecule has 0 fully saturated rings. The molecule has 1 unspecified atom stereocenters. The first-order chi connectivity index (χ1) is 13.6. The zero-order valence-electron chi connectivity index (χ0n) is 17.0. The van der Waals surface area contributed by atoms with Crippen LogP contribution < -0.4 is 5.32 Å². The van der Waals surface area contributed by atoms with Crippen molar-refractivity contribution in [1.82, 2.24) is 29.8 Å². The number of carbonyl (C=O) groups is 1. The summed E-state index contributed by atoms with van der Waals surface area (Å²) in [6.07, 6.45) is 1.93. The maximum atomic E-state index is 13.2. The number of hydrogen-bond acceptors (Lipinski definition) is 6. The van der Waals surface area contributed by atoms with E-state index in [-0.39, 0.29) is 17.8 Å². The third kappa shape index (κ3) is 6.57. The summed E-state index contributed by atoms with van der Waals surface area (Å²) in [5, 5.41) is 14.1. The number of aryl methyl sites for hydroxylation is 1. The predicted octanol–water partition coefficient (Wildman–Crippen LogP) is 1.08. The molecule has 0 aliphatic carbocycles. The molecule has 0 bridgehead atoms. The van der Waals surface area contributed by atoms with Gasteiger partial charge in [0.25, 0.3) is 0 Å². The van der Waals surface area contributed by atoms with E-state index in [9.17, 15) is 17.6 Å². The maximum absolute atomic E-state index is 13.2. The summed E-state index contributed by atoms with van der Waals surface area (Å²) in [6.45, 7) is 5.91. The lowest BCUT2D eigenvalue weighted by molar-refractivity contribution is -0.124. The number of hydrogen-bond donors (Lipinski definition) is 1. The molecule has 1 heterocycles. The summed E-state index contributed by atoms with van der Waals surface area (Å²) >= 11 is 0. The van der Waals surface area contributed by atoms with Crippen molar-refractivity contribution >= 4 is 15.9 Å². The Morgan fingerprint density at radius 3 is 2.45 bits per heavy atom. The summed E-state index contributed by atoms with van der Waals surface area (Å²) < 4.78 is 39.6. The van der Waals surface area contributed by atoms with Crippen molar-refractivity contribution in [1.29, 1.82) is 0 Å². The number of nitrogens with zero attached hydrogens (tertiary/aromatic N) is 5. The number of nitrogens with one attached hydrogen (secondary N) is 1. The first kappa shape index (κ1) is 22.9. The molecule has 1 aromatic heterocycles. The van der Waals surface area contributed by atoms with Crippen LogP contribution in [-0.2, 0) is 21.2 Å². The standard InChI is InChI=1S/C18H27FN6O3S/c1-13(2)24(29(4,27)28)11-5-10-20-18(26)17(25-14(3)21-22-23-25)12-15-6-8-16(19)9-7-15/h6-9,13,17H,5,10-12H2,1-4H3,(H,20,26). The highest BCUT2D eigenvalue weighted by atomic mass is 32.2. The average Bonchev–Trinajstić information content (AvgIpc) is 3.05. The molecular weight excluding hydrogens is 399 g/mol.